The van der Waals surface area contributed by atoms with Gasteiger partial charge in [-0.15, -0.1) is 24.0 Å². The summed E-state index contributed by atoms with van der Waals surface area (Å²) in [6, 6.07) is 11.2. The van der Waals surface area contributed by atoms with Crippen LogP contribution in [-0.4, -0.2) is 63.8 Å². The maximum absolute atomic E-state index is 5.20. The van der Waals surface area contributed by atoms with E-state index in [-0.39, 0.29) is 24.0 Å². The van der Waals surface area contributed by atoms with Crippen molar-refractivity contribution in [3.05, 3.63) is 35.9 Å². The highest BCUT2D eigenvalue weighted by Crippen LogP contribution is 2.15. The lowest BCUT2D eigenvalue weighted by atomic mass is 10.1. The van der Waals surface area contributed by atoms with Gasteiger partial charge in [-0.25, -0.2) is 0 Å². The van der Waals surface area contributed by atoms with Crippen LogP contribution in [0.25, 0.3) is 0 Å². The third kappa shape index (κ3) is 8.37. The Morgan fingerprint density at radius 3 is 2.80 bits per heavy atom. The molecule has 2 rings (SSSR count). The lowest BCUT2D eigenvalue weighted by Crippen LogP contribution is -2.45. The summed E-state index contributed by atoms with van der Waals surface area (Å²) in [6.45, 7) is 4.89. The molecule has 1 atom stereocenters. The van der Waals surface area contributed by atoms with Crippen LogP contribution in [0.1, 0.15) is 24.8 Å². The fraction of sp³-hybridized carbons (Fsp3) is 0.632. The second kappa shape index (κ2) is 13.4. The smallest absolute Gasteiger partial charge is 0.191 e. The van der Waals surface area contributed by atoms with Crippen molar-refractivity contribution in [2.24, 2.45) is 4.99 Å². The van der Waals surface area contributed by atoms with E-state index in [0.717, 1.165) is 45.0 Å². The molecule has 5 nitrogen and oxygen atoms in total. The summed E-state index contributed by atoms with van der Waals surface area (Å²) in [5.41, 5.74) is 1.39. The van der Waals surface area contributed by atoms with E-state index in [1.807, 2.05) is 7.05 Å². The van der Waals surface area contributed by atoms with Crippen molar-refractivity contribution in [3.8, 4) is 0 Å². The molecule has 0 bridgehead atoms. The maximum atomic E-state index is 5.20. The Morgan fingerprint density at radius 2 is 2.08 bits per heavy atom. The zero-order valence-electron chi connectivity index (χ0n) is 15.5. The number of rotatable bonds is 9. The maximum Gasteiger partial charge on any atom is 0.191 e. The molecule has 1 aliphatic rings. The summed E-state index contributed by atoms with van der Waals surface area (Å²) >= 11 is 0. The average Bonchev–Trinajstić information content (AvgIpc) is 3.07. The number of ether oxygens (including phenoxy) is 1. The number of benzene rings is 1. The molecule has 0 radical (unpaired) electrons. The van der Waals surface area contributed by atoms with Gasteiger partial charge in [0, 0.05) is 39.8 Å². The van der Waals surface area contributed by atoms with E-state index in [1.54, 1.807) is 7.11 Å². The van der Waals surface area contributed by atoms with Crippen LogP contribution in [0.15, 0.2) is 35.3 Å². The average molecular weight is 460 g/mol. The largest absolute Gasteiger partial charge is 0.383 e. The van der Waals surface area contributed by atoms with Crippen molar-refractivity contribution in [1.29, 1.82) is 0 Å². The summed E-state index contributed by atoms with van der Waals surface area (Å²) in [7, 11) is 3.61. The van der Waals surface area contributed by atoms with E-state index in [4.69, 9.17) is 4.74 Å². The third-order valence-electron chi connectivity index (χ3n) is 4.59. The number of nitrogens with zero attached hydrogens (tertiary/aromatic N) is 2. The molecule has 1 saturated heterocycles. The van der Waals surface area contributed by atoms with Crippen LogP contribution in [0, 0.1) is 0 Å². The molecule has 25 heavy (non-hydrogen) atoms. The second-order valence-electron chi connectivity index (χ2n) is 6.29. The van der Waals surface area contributed by atoms with Gasteiger partial charge in [0.1, 0.15) is 0 Å². The van der Waals surface area contributed by atoms with Gasteiger partial charge in [0.25, 0.3) is 0 Å². The van der Waals surface area contributed by atoms with E-state index in [2.05, 4.69) is 50.9 Å². The Morgan fingerprint density at radius 1 is 1.28 bits per heavy atom. The summed E-state index contributed by atoms with van der Waals surface area (Å²) in [5, 5.41) is 6.89. The topological polar surface area (TPSA) is 48.9 Å². The summed E-state index contributed by atoms with van der Waals surface area (Å²) in [6.07, 6.45) is 4.73. The van der Waals surface area contributed by atoms with Crippen molar-refractivity contribution in [1.82, 2.24) is 15.5 Å². The van der Waals surface area contributed by atoms with Gasteiger partial charge in [0.2, 0.25) is 0 Å². The number of hydrogen-bond acceptors (Lipinski definition) is 3. The van der Waals surface area contributed by atoms with Crippen molar-refractivity contribution >= 4 is 29.9 Å². The van der Waals surface area contributed by atoms with E-state index in [1.165, 1.54) is 24.9 Å². The zero-order valence-corrected chi connectivity index (χ0v) is 17.9. The predicted octanol–water partition coefficient (Wildman–Crippen LogP) is 2.51. The van der Waals surface area contributed by atoms with E-state index < -0.39 is 0 Å². The number of aliphatic imine (C=N–C) groups is 1. The van der Waals surface area contributed by atoms with Gasteiger partial charge in [0.05, 0.1) is 6.61 Å². The number of likely N-dealkylation sites (tertiary alicyclic amines) is 1. The van der Waals surface area contributed by atoms with Crippen LogP contribution >= 0.6 is 24.0 Å². The highest BCUT2D eigenvalue weighted by atomic mass is 127. The minimum absolute atomic E-state index is 0. The lowest BCUT2D eigenvalue weighted by molar-refractivity contribution is 0.141. The first-order valence-corrected chi connectivity index (χ1v) is 9.05. The van der Waals surface area contributed by atoms with Crippen LogP contribution in [0.2, 0.25) is 0 Å². The Kier molecular flexibility index (Phi) is 11.9. The van der Waals surface area contributed by atoms with E-state index in [0.29, 0.717) is 6.04 Å². The lowest BCUT2D eigenvalue weighted by Gasteiger charge is -2.25. The number of hydrogen-bond donors (Lipinski definition) is 2. The zero-order chi connectivity index (χ0) is 17.0. The van der Waals surface area contributed by atoms with E-state index >= 15 is 0 Å². The summed E-state index contributed by atoms with van der Waals surface area (Å²) in [4.78, 5) is 6.85. The fourth-order valence-electron chi connectivity index (χ4n) is 3.21. The van der Waals surface area contributed by atoms with Crippen molar-refractivity contribution in [3.63, 3.8) is 0 Å². The third-order valence-corrected chi connectivity index (χ3v) is 4.59. The molecule has 1 aliphatic heterocycles. The molecule has 0 aliphatic carbocycles. The highest BCUT2D eigenvalue weighted by Gasteiger charge is 2.23. The van der Waals surface area contributed by atoms with Gasteiger partial charge in [-0.3, -0.25) is 9.89 Å². The predicted molar refractivity (Wildman–Crippen MR) is 116 cm³/mol. The van der Waals surface area contributed by atoms with Gasteiger partial charge < -0.3 is 15.4 Å². The van der Waals surface area contributed by atoms with Crippen LogP contribution in [0.3, 0.4) is 0 Å². The van der Waals surface area contributed by atoms with Crippen LogP contribution in [-0.2, 0) is 11.2 Å². The fourth-order valence-corrected chi connectivity index (χ4v) is 3.21. The van der Waals surface area contributed by atoms with Crippen LogP contribution < -0.4 is 10.6 Å². The quantitative estimate of drug-likeness (QED) is 0.258. The molecule has 2 N–H and O–H groups in total. The minimum atomic E-state index is 0. The number of aryl methyl sites for hydroxylation is 1. The van der Waals surface area contributed by atoms with Gasteiger partial charge in [0.15, 0.2) is 5.96 Å². The molecule has 1 unspecified atom stereocenters. The molecule has 0 spiro atoms. The molecule has 0 amide bonds. The summed E-state index contributed by atoms with van der Waals surface area (Å²) in [5.74, 6) is 0.904. The molecule has 0 aromatic heterocycles. The van der Waals surface area contributed by atoms with Crippen molar-refractivity contribution in [2.45, 2.75) is 31.7 Å². The number of halogens is 1. The molecule has 1 aromatic carbocycles. The monoisotopic (exact) mass is 460 g/mol. The standard InChI is InChI=1S/C19H32N4O.HI/c1-20-19(21-12-6-10-17-8-4-3-5-9-17)22-16-18-11-7-13-23(18)14-15-24-2;/h3-5,8-9,18H,6-7,10-16H2,1-2H3,(H2,20,21,22);1H. The highest BCUT2D eigenvalue weighted by molar-refractivity contribution is 14.0. The summed E-state index contributed by atoms with van der Waals surface area (Å²) < 4.78 is 5.20. The van der Waals surface area contributed by atoms with Gasteiger partial charge in [-0.05, 0) is 37.8 Å². The van der Waals surface area contributed by atoms with Gasteiger partial charge >= 0.3 is 0 Å². The number of guanidine groups is 1. The van der Waals surface area contributed by atoms with Crippen molar-refractivity contribution in [2.75, 3.05) is 46.9 Å². The molecule has 1 heterocycles. The Hall–Kier alpha value is -0.860. The molecule has 142 valence electrons. The number of methoxy groups -OCH3 is 1. The first kappa shape index (κ1) is 22.2. The van der Waals surface area contributed by atoms with Gasteiger partial charge in [-0.1, -0.05) is 30.3 Å². The molecule has 6 heteroatoms. The number of nitrogens with one attached hydrogen (secondary N) is 2. The SMILES string of the molecule is CN=C(NCCCc1ccccc1)NCC1CCCN1CCOC.I. The normalized spacial score (nSPS) is 18.0. The van der Waals surface area contributed by atoms with E-state index in [9.17, 15) is 0 Å². The Labute approximate surface area is 169 Å². The molecule has 0 saturated carbocycles. The van der Waals surface area contributed by atoms with Crippen molar-refractivity contribution < 1.29 is 4.74 Å². The second-order valence-corrected chi connectivity index (χ2v) is 6.29. The Balaban J connectivity index is 0.00000312. The molecule has 1 aromatic rings. The van der Waals surface area contributed by atoms with Crippen LogP contribution in [0.4, 0.5) is 0 Å². The molecule has 1 fully saturated rings. The first-order chi connectivity index (χ1) is 11.8. The molecular weight excluding hydrogens is 427 g/mol. The first-order valence-electron chi connectivity index (χ1n) is 9.05. The van der Waals surface area contributed by atoms with Gasteiger partial charge in [-0.2, -0.15) is 0 Å². The minimum Gasteiger partial charge on any atom is -0.383 e. The molecular formula is C19H33IN4O. The Bertz CT molecular complexity index is 484. The van der Waals surface area contributed by atoms with Crippen LogP contribution in [0.5, 0.6) is 0 Å².